The lowest BCUT2D eigenvalue weighted by atomic mass is 9.63. The molecule has 0 N–H and O–H groups in total. The highest BCUT2D eigenvalue weighted by molar-refractivity contribution is 4.93. The summed E-state index contributed by atoms with van der Waals surface area (Å²) in [6, 6.07) is 1.62. The summed E-state index contributed by atoms with van der Waals surface area (Å²) in [6.07, 6.45) is 11.8. The van der Waals surface area contributed by atoms with Crippen LogP contribution in [0.3, 0.4) is 0 Å². The van der Waals surface area contributed by atoms with Crippen LogP contribution in [0.25, 0.3) is 0 Å². The van der Waals surface area contributed by atoms with E-state index in [1.165, 1.54) is 77.5 Å². The molecule has 0 aromatic heterocycles. The molecule has 3 aliphatic rings. The van der Waals surface area contributed by atoms with Crippen molar-refractivity contribution in [1.82, 2.24) is 9.80 Å². The molecule has 2 nitrogen and oxygen atoms in total. The minimum absolute atomic E-state index is 0.733. The molecular weight excluding hydrogens is 304 g/mol. The van der Waals surface area contributed by atoms with Crippen LogP contribution in [0.5, 0.6) is 0 Å². The van der Waals surface area contributed by atoms with E-state index < -0.39 is 0 Å². The molecule has 0 unspecified atom stereocenters. The van der Waals surface area contributed by atoms with Crippen molar-refractivity contribution in [2.24, 2.45) is 17.3 Å². The maximum Gasteiger partial charge on any atom is 0.0120 e. The van der Waals surface area contributed by atoms with Gasteiger partial charge < -0.3 is 9.80 Å². The van der Waals surface area contributed by atoms with Crippen molar-refractivity contribution in [1.29, 1.82) is 0 Å². The van der Waals surface area contributed by atoms with Crippen molar-refractivity contribution in [3.05, 3.63) is 0 Å². The van der Waals surface area contributed by atoms with E-state index in [0.717, 1.165) is 29.3 Å². The van der Waals surface area contributed by atoms with Crippen LogP contribution < -0.4 is 0 Å². The van der Waals surface area contributed by atoms with Gasteiger partial charge in [0.2, 0.25) is 0 Å². The van der Waals surface area contributed by atoms with Gasteiger partial charge in [0.15, 0.2) is 0 Å². The van der Waals surface area contributed by atoms with Crippen molar-refractivity contribution < 1.29 is 0 Å². The number of likely N-dealkylation sites (tertiary alicyclic amines) is 2. The summed E-state index contributed by atoms with van der Waals surface area (Å²) in [6.45, 7) is 19.0. The van der Waals surface area contributed by atoms with Crippen LogP contribution in [-0.4, -0.2) is 48.1 Å². The maximum atomic E-state index is 2.86. The predicted molar refractivity (Wildman–Crippen MR) is 111 cm³/mol. The molecule has 1 saturated carbocycles. The summed E-state index contributed by atoms with van der Waals surface area (Å²) in [5.41, 5.74) is 0.737. The van der Waals surface area contributed by atoms with Crippen molar-refractivity contribution >= 4 is 0 Å². The Bertz CT molecular complexity index is 350. The van der Waals surface area contributed by atoms with Gasteiger partial charge in [-0.25, -0.2) is 0 Å². The summed E-state index contributed by atoms with van der Waals surface area (Å²) in [5, 5.41) is 0. The standard InChI is InChI=1S/C21H40N2.C2H6/c1-17(2)19-5-9-21(10-6-19)11-15-23(16-12-21)20-7-13-22(14-8-20)18(3)4;1-2/h17-20H,5-16H2,1-4H3;1-2H3. The molecule has 1 aliphatic carbocycles. The molecule has 25 heavy (non-hydrogen) atoms. The third-order valence-corrected chi connectivity index (χ3v) is 7.64. The van der Waals surface area contributed by atoms with E-state index >= 15 is 0 Å². The quantitative estimate of drug-likeness (QED) is 0.633. The van der Waals surface area contributed by atoms with Crippen LogP contribution in [0.1, 0.15) is 92.9 Å². The molecule has 1 spiro atoms. The Labute approximate surface area is 158 Å². The van der Waals surface area contributed by atoms with Gasteiger partial charge in [-0.2, -0.15) is 0 Å². The minimum atomic E-state index is 0.733. The van der Waals surface area contributed by atoms with E-state index in [1.54, 1.807) is 0 Å². The molecule has 0 aromatic rings. The van der Waals surface area contributed by atoms with Gasteiger partial charge in [-0.1, -0.05) is 27.7 Å². The first-order valence-corrected chi connectivity index (χ1v) is 11.5. The van der Waals surface area contributed by atoms with Gasteiger partial charge in [0, 0.05) is 12.1 Å². The number of nitrogens with zero attached hydrogens (tertiary/aromatic N) is 2. The van der Waals surface area contributed by atoms with Crippen LogP contribution in [0, 0.1) is 17.3 Å². The highest BCUT2D eigenvalue weighted by atomic mass is 15.2. The average molecular weight is 351 g/mol. The third kappa shape index (κ3) is 5.45. The topological polar surface area (TPSA) is 6.48 Å². The molecule has 0 radical (unpaired) electrons. The van der Waals surface area contributed by atoms with E-state index in [0.29, 0.717) is 0 Å². The van der Waals surface area contributed by atoms with Gasteiger partial charge in [0.05, 0.1) is 0 Å². The van der Waals surface area contributed by atoms with Crippen molar-refractivity contribution in [2.45, 2.75) is 105 Å². The highest BCUT2D eigenvalue weighted by Gasteiger charge is 2.40. The zero-order valence-corrected chi connectivity index (χ0v) is 18.2. The first kappa shape index (κ1) is 21.2. The Morgan fingerprint density at radius 2 is 1.24 bits per heavy atom. The molecule has 148 valence electrons. The first-order valence-electron chi connectivity index (χ1n) is 11.5. The fraction of sp³-hybridized carbons (Fsp3) is 1.00. The smallest absolute Gasteiger partial charge is 0.0120 e. The Balaban J connectivity index is 0.00000109. The summed E-state index contributed by atoms with van der Waals surface area (Å²) in [5.74, 6) is 1.91. The molecule has 0 atom stereocenters. The van der Waals surface area contributed by atoms with Crippen LogP contribution in [0.4, 0.5) is 0 Å². The second-order valence-corrected chi connectivity index (χ2v) is 9.48. The lowest BCUT2D eigenvalue weighted by Crippen LogP contribution is -2.51. The predicted octanol–water partition coefficient (Wildman–Crippen LogP) is 5.81. The molecule has 0 bridgehead atoms. The summed E-state index contributed by atoms with van der Waals surface area (Å²) < 4.78 is 0. The lowest BCUT2D eigenvalue weighted by molar-refractivity contribution is 0.00925. The van der Waals surface area contributed by atoms with E-state index in [4.69, 9.17) is 0 Å². The van der Waals surface area contributed by atoms with Crippen LogP contribution >= 0.6 is 0 Å². The van der Waals surface area contributed by atoms with Crippen molar-refractivity contribution in [3.63, 3.8) is 0 Å². The normalized spacial score (nSPS) is 26.9. The van der Waals surface area contributed by atoms with Gasteiger partial charge in [-0.15, -0.1) is 0 Å². The Morgan fingerprint density at radius 3 is 1.68 bits per heavy atom. The molecule has 3 rings (SSSR count). The van der Waals surface area contributed by atoms with E-state index in [1.807, 2.05) is 13.8 Å². The molecule has 2 aliphatic heterocycles. The fourth-order valence-corrected chi connectivity index (χ4v) is 5.55. The monoisotopic (exact) mass is 350 g/mol. The molecule has 3 fully saturated rings. The van der Waals surface area contributed by atoms with Gasteiger partial charge in [0.1, 0.15) is 0 Å². The van der Waals surface area contributed by atoms with Crippen molar-refractivity contribution in [3.8, 4) is 0 Å². The van der Waals surface area contributed by atoms with Gasteiger partial charge in [0.25, 0.3) is 0 Å². The fourth-order valence-electron chi connectivity index (χ4n) is 5.55. The van der Waals surface area contributed by atoms with Gasteiger partial charge >= 0.3 is 0 Å². The first-order chi connectivity index (χ1) is 12.0. The number of piperidine rings is 2. The number of rotatable bonds is 3. The summed E-state index contributed by atoms with van der Waals surface area (Å²) in [4.78, 5) is 5.52. The molecule has 2 heteroatoms. The SMILES string of the molecule is CC.CC(C)C1CCC2(CC1)CCN(C1CCN(C(C)C)CC1)CC2. The maximum absolute atomic E-state index is 2.86. The second-order valence-electron chi connectivity index (χ2n) is 9.48. The molecule has 2 heterocycles. The molecular formula is C23H46N2. The largest absolute Gasteiger partial charge is 0.301 e. The third-order valence-electron chi connectivity index (χ3n) is 7.64. The Hall–Kier alpha value is -0.0800. The average Bonchev–Trinajstić information content (AvgIpc) is 2.64. The van der Waals surface area contributed by atoms with Gasteiger partial charge in [-0.05, 0) is 109 Å². The Morgan fingerprint density at radius 1 is 0.720 bits per heavy atom. The zero-order chi connectivity index (χ0) is 18.4. The number of hydrogen-bond acceptors (Lipinski definition) is 2. The number of hydrogen-bond donors (Lipinski definition) is 0. The Kier molecular flexibility index (Phi) is 8.27. The van der Waals surface area contributed by atoms with Crippen molar-refractivity contribution in [2.75, 3.05) is 26.2 Å². The van der Waals surface area contributed by atoms with Gasteiger partial charge in [-0.3, -0.25) is 0 Å². The van der Waals surface area contributed by atoms with E-state index in [-0.39, 0.29) is 0 Å². The lowest BCUT2D eigenvalue weighted by Gasteiger charge is -2.49. The highest BCUT2D eigenvalue weighted by Crippen LogP contribution is 2.48. The van der Waals surface area contributed by atoms with Crippen LogP contribution in [0.2, 0.25) is 0 Å². The minimum Gasteiger partial charge on any atom is -0.301 e. The zero-order valence-electron chi connectivity index (χ0n) is 18.2. The van der Waals surface area contributed by atoms with Crippen LogP contribution in [0.15, 0.2) is 0 Å². The molecule has 2 saturated heterocycles. The summed E-state index contributed by atoms with van der Waals surface area (Å²) >= 11 is 0. The van der Waals surface area contributed by atoms with E-state index in [2.05, 4.69) is 37.5 Å². The van der Waals surface area contributed by atoms with Crippen LogP contribution in [-0.2, 0) is 0 Å². The molecule has 0 amide bonds. The van der Waals surface area contributed by atoms with E-state index in [9.17, 15) is 0 Å². The summed E-state index contributed by atoms with van der Waals surface area (Å²) in [7, 11) is 0. The molecule has 0 aromatic carbocycles. The second kappa shape index (κ2) is 9.74.